The van der Waals surface area contributed by atoms with Gasteiger partial charge in [0.25, 0.3) is 0 Å². The van der Waals surface area contributed by atoms with Crippen LogP contribution in [0.1, 0.15) is 24.8 Å². The predicted molar refractivity (Wildman–Crippen MR) is 76.0 cm³/mol. The van der Waals surface area contributed by atoms with Gasteiger partial charge in [-0.05, 0) is 43.5 Å². The smallest absolute Gasteiger partial charge is 0.237 e. The summed E-state index contributed by atoms with van der Waals surface area (Å²) in [5, 5.41) is 6.10. The first-order valence-electron chi connectivity index (χ1n) is 6.51. The maximum absolute atomic E-state index is 12.9. The monoisotopic (exact) mass is 286 g/mol. The Morgan fingerprint density at radius 3 is 2.95 bits per heavy atom. The number of carbonyl (C=O) groups excluding carboxylic acids is 1. The summed E-state index contributed by atoms with van der Waals surface area (Å²) < 4.78 is 12.9. The number of rotatable bonds is 4. The molecule has 1 atom stereocenters. The van der Waals surface area contributed by atoms with E-state index in [1.54, 1.807) is 6.07 Å². The number of piperidine rings is 1. The van der Waals surface area contributed by atoms with Crippen molar-refractivity contribution < 1.29 is 9.18 Å². The third-order valence-electron chi connectivity index (χ3n) is 3.23. The summed E-state index contributed by atoms with van der Waals surface area (Å²) in [5.74, 6) is -0.168. The van der Waals surface area contributed by atoms with Crippen LogP contribution >= 0.6 is 12.4 Å². The molecule has 1 aromatic carbocycles. The zero-order valence-electron chi connectivity index (χ0n) is 10.8. The molecule has 1 amide bonds. The van der Waals surface area contributed by atoms with E-state index in [2.05, 4.69) is 10.6 Å². The first-order valence-corrected chi connectivity index (χ1v) is 6.51. The first kappa shape index (κ1) is 15.9. The Morgan fingerprint density at radius 1 is 1.42 bits per heavy atom. The van der Waals surface area contributed by atoms with E-state index in [9.17, 15) is 9.18 Å². The van der Waals surface area contributed by atoms with Crippen LogP contribution in [-0.4, -0.2) is 25.0 Å². The van der Waals surface area contributed by atoms with E-state index in [1.165, 1.54) is 12.1 Å². The number of nitrogens with one attached hydrogen (secondary N) is 2. The lowest BCUT2D eigenvalue weighted by Crippen LogP contribution is -2.47. The third-order valence-corrected chi connectivity index (χ3v) is 3.23. The quantitative estimate of drug-likeness (QED) is 0.889. The van der Waals surface area contributed by atoms with Gasteiger partial charge in [-0.2, -0.15) is 0 Å². The van der Waals surface area contributed by atoms with Gasteiger partial charge >= 0.3 is 0 Å². The van der Waals surface area contributed by atoms with Gasteiger partial charge in [0.1, 0.15) is 5.82 Å². The summed E-state index contributed by atoms with van der Waals surface area (Å²) in [7, 11) is 0. The SMILES string of the molecule is Cl.O=C(NCCc1cccc(F)c1)C1CCCCN1. The summed E-state index contributed by atoms with van der Waals surface area (Å²) in [4.78, 5) is 11.8. The molecule has 2 rings (SSSR count). The molecule has 1 fully saturated rings. The Morgan fingerprint density at radius 2 is 2.26 bits per heavy atom. The van der Waals surface area contributed by atoms with Gasteiger partial charge in [-0.1, -0.05) is 18.6 Å². The van der Waals surface area contributed by atoms with Crippen molar-refractivity contribution in [3.05, 3.63) is 35.6 Å². The van der Waals surface area contributed by atoms with Crippen LogP contribution in [0.25, 0.3) is 0 Å². The molecule has 5 heteroatoms. The van der Waals surface area contributed by atoms with E-state index in [-0.39, 0.29) is 30.2 Å². The van der Waals surface area contributed by atoms with Crippen LogP contribution in [0, 0.1) is 5.82 Å². The summed E-state index contributed by atoms with van der Waals surface area (Å²) in [6, 6.07) is 6.44. The second-order valence-electron chi connectivity index (χ2n) is 4.67. The average Bonchev–Trinajstić information content (AvgIpc) is 2.40. The predicted octanol–water partition coefficient (Wildman–Crippen LogP) is 2.05. The lowest BCUT2D eigenvalue weighted by atomic mass is 10.0. The van der Waals surface area contributed by atoms with E-state index in [4.69, 9.17) is 0 Å². The molecular weight excluding hydrogens is 267 g/mol. The maximum Gasteiger partial charge on any atom is 0.237 e. The van der Waals surface area contributed by atoms with E-state index >= 15 is 0 Å². The summed E-state index contributed by atoms with van der Waals surface area (Å²) in [6.07, 6.45) is 3.82. The highest BCUT2D eigenvalue weighted by Gasteiger charge is 2.19. The van der Waals surface area contributed by atoms with Gasteiger partial charge in [0.2, 0.25) is 5.91 Å². The average molecular weight is 287 g/mol. The molecule has 19 heavy (non-hydrogen) atoms. The molecule has 3 nitrogen and oxygen atoms in total. The van der Waals surface area contributed by atoms with Crippen LogP contribution in [0.15, 0.2) is 24.3 Å². The Labute approximate surface area is 119 Å². The van der Waals surface area contributed by atoms with E-state index in [0.29, 0.717) is 13.0 Å². The van der Waals surface area contributed by atoms with Crippen molar-refractivity contribution in [3.63, 3.8) is 0 Å². The Bertz CT molecular complexity index is 408. The van der Waals surface area contributed by atoms with Crippen molar-refractivity contribution in [3.8, 4) is 0 Å². The molecule has 1 aromatic rings. The zero-order valence-corrected chi connectivity index (χ0v) is 11.6. The number of halogens is 2. The highest BCUT2D eigenvalue weighted by molar-refractivity contribution is 5.85. The van der Waals surface area contributed by atoms with Crippen molar-refractivity contribution in [2.45, 2.75) is 31.7 Å². The standard InChI is InChI=1S/C14H19FN2O.ClH/c15-12-5-3-4-11(10-12)7-9-17-14(18)13-6-1-2-8-16-13;/h3-5,10,13,16H,1-2,6-9H2,(H,17,18);1H. The topological polar surface area (TPSA) is 41.1 Å². The number of benzene rings is 1. The third kappa shape index (κ3) is 5.17. The van der Waals surface area contributed by atoms with Crippen LogP contribution in [-0.2, 0) is 11.2 Å². The van der Waals surface area contributed by atoms with Gasteiger partial charge in [0.05, 0.1) is 6.04 Å². The van der Waals surface area contributed by atoms with E-state index in [0.717, 1.165) is 31.4 Å². The number of hydrogen-bond acceptors (Lipinski definition) is 2. The van der Waals surface area contributed by atoms with Crippen LogP contribution in [0.3, 0.4) is 0 Å². The summed E-state index contributed by atoms with van der Waals surface area (Å²) >= 11 is 0. The second-order valence-corrected chi connectivity index (χ2v) is 4.67. The minimum Gasteiger partial charge on any atom is -0.354 e. The molecule has 0 bridgehead atoms. The molecule has 0 radical (unpaired) electrons. The molecule has 0 aromatic heterocycles. The molecule has 106 valence electrons. The van der Waals surface area contributed by atoms with Gasteiger partial charge in [-0.15, -0.1) is 12.4 Å². The van der Waals surface area contributed by atoms with Crippen molar-refractivity contribution in [1.29, 1.82) is 0 Å². The van der Waals surface area contributed by atoms with Crippen LogP contribution in [0.2, 0.25) is 0 Å². The van der Waals surface area contributed by atoms with Crippen molar-refractivity contribution in [1.82, 2.24) is 10.6 Å². The normalized spacial score (nSPS) is 18.5. The second kappa shape index (κ2) is 8.12. The van der Waals surface area contributed by atoms with Crippen molar-refractivity contribution in [2.75, 3.05) is 13.1 Å². The molecule has 1 unspecified atom stereocenters. The fourth-order valence-corrected chi connectivity index (χ4v) is 2.22. The molecule has 1 aliphatic heterocycles. The molecule has 0 spiro atoms. The molecular formula is C14H20ClFN2O. The molecule has 1 aliphatic rings. The number of hydrogen-bond donors (Lipinski definition) is 2. The van der Waals surface area contributed by atoms with Gasteiger partial charge in [-0.25, -0.2) is 4.39 Å². The Kier molecular flexibility index (Phi) is 6.81. The Balaban J connectivity index is 0.00000180. The minimum atomic E-state index is -0.229. The zero-order chi connectivity index (χ0) is 12.8. The molecule has 1 heterocycles. The van der Waals surface area contributed by atoms with Crippen molar-refractivity contribution >= 4 is 18.3 Å². The lowest BCUT2D eigenvalue weighted by molar-refractivity contribution is -0.123. The lowest BCUT2D eigenvalue weighted by Gasteiger charge is -2.22. The molecule has 1 saturated heterocycles. The first-order chi connectivity index (χ1) is 8.75. The van der Waals surface area contributed by atoms with Gasteiger partial charge in [0.15, 0.2) is 0 Å². The number of amides is 1. The van der Waals surface area contributed by atoms with Crippen LogP contribution in [0.4, 0.5) is 4.39 Å². The molecule has 0 aliphatic carbocycles. The van der Waals surface area contributed by atoms with Gasteiger partial charge in [-0.3, -0.25) is 4.79 Å². The van der Waals surface area contributed by atoms with Crippen LogP contribution in [0.5, 0.6) is 0 Å². The minimum absolute atomic E-state index is 0. The highest BCUT2D eigenvalue weighted by atomic mass is 35.5. The van der Waals surface area contributed by atoms with E-state index < -0.39 is 0 Å². The summed E-state index contributed by atoms with van der Waals surface area (Å²) in [5.41, 5.74) is 0.909. The fraction of sp³-hybridized carbons (Fsp3) is 0.500. The Hall–Kier alpha value is -1.13. The number of carbonyl (C=O) groups is 1. The maximum atomic E-state index is 12.9. The largest absolute Gasteiger partial charge is 0.354 e. The van der Waals surface area contributed by atoms with Crippen LogP contribution < -0.4 is 10.6 Å². The van der Waals surface area contributed by atoms with Gasteiger partial charge < -0.3 is 10.6 Å². The van der Waals surface area contributed by atoms with E-state index in [1.807, 2.05) is 6.07 Å². The van der Waals surface area contributed by atoms with Crippen molar-refractivity contribution in [2.24, 2.45) is 0 Å². The molecule has 0 saturated carbocycles. The fourth-order valence-electron chi connectivity index (χ4n) is 2.22. The van der Waals surface area contributed by atoms with Gasteiger partial charge in [0, 0.05) is 6.54 Å². The molecule has 2 N–H and O–H groups in total. The summed E-state index contributed by atoms with van der Waals surface area (Å²) in [6.45, 7) is 1.47. The highest BCUT2D eigenvalue weighted by Crippen LogP contribution is 2.07.